The Bertz CT molecular complexity index is 709. The number of methoxy groups -OCH3 is 1. The zero-order chi connectivity index (χ0) is 15.7. The Morgan fingerprint density at radius 1 is 1.19 bits per heavy atom. The molecule has 0 spiro atoms. The van der Waals surface area contributed by atoms with Gasteiger partial charge < -0.3 is 9.84 Å². The number of rotatable bonds is 2. The van der Waals surface area contributed by atoms with Crippen LogP contribution in [0, 0.1) is 19.7 Å². The maximum absolute atomic E-state index is 14.6. The van der Waals surface area contributed by atoms with Crippen molar-refractivity contribution in [2.75, 3.05) is 7.11 Å². The molecule has 1 N–H and O–H groups in total. The molecule has 0 aliphatic rings. The number of phenols is 1. The van der Waals surface area contributed by atoms with E-state index in [1.54, 1.807) is 38.1 Å². The van der Waals surface area contributed by atoms with E-state index in [4.69, 9.17) is 11.6 Å². The molecule has 0 saturated carbocycles. The van der Waals surface area contributed by atoms with Crippen LogP contribution >= 0.6 is 11.6 Å². The molecule has 0 aliphatic heterocycles. The van der Waals surface area contributed by atoms with Crippen LogP contribution in [-0.4, -0.2) is 18.2 Å². The molecule has 0 bridgehead atoms. The molecule has 0 amide bonds. The van der Waals surface area contributed by atoms with Crippen molar-refractivity contribution < 1.29 is 19.0 Å². The van der Waals surface area contributed by atoms with E-state index in [9.17, 15) is 14.3 Å². The molecule has 0 atom stereocenters. The van der Waals surface area contributed by atoms with Gasteiger partial charge in [-0.1, -0.05) is 23.7 Å². The van der Waals surface area contributed by atoms with E-state index in [1.807, 2.05) is 0 Å². The normalized spacial score (nSPS) is 10.5. The van der Waals surface area contributed by atoms with Crippen LogP contribution in [0.3, 0.4) is 0 Å². The average molecular weight is 309 g/mol. The second-order valence-corrected chi connectivity index (χ2v) is 5.10. The number of carbonyl (C=O) groups excluding carboxylic acids is 1. The van der Waals surface area contributed by atoms with E-state index in [1.165, 1.54) is 7.11 Å². The number of hydrogen-bond donors (Lipinski definition) is 1. The first-order chi connectivity index (χ1) is 9.88. The van der Waals surface area contributed by atoms with Crippen LogP contribution in [0.2, 0.25) is 5.02 Å². The summed E-state index contributed by atoms with van der Waals surface area (Å²) >= 11 is 5.82. The molecule has 0 radical (unpaired) electrons. The lowest BCUT2D eigenvalue weighted by molar-refractivity contribution is 0.0597. The van der Waals surface area contributed by atoms with Crippen LogP contribution < -0.4 is 0 Å². The third kappa shape index (κ3) is 2.59. The molecule has 0 heterocycles. The molecule has 0 fully saturated rings. The highest BCUT2D eigenvalue weighted by atomic mass is 35.5. The summed E-state index contributed by atoms with van der Waals surface area (Å²) in [5.41, 5.74) is 0.867. The van der Waals surface area contributed by atoms with Crippen molar-refractivity contribution >= 4 is 17.6 Å². The van der Waals surface area contributed by atoms with Gasteiger partial charge >= 0.3 is 5.97 Å². The summed E-state index contributed by atoms with van der Waals surface area (Å²) < 4.78 is 19.3. The van der Waals surface area contributed by atoms with Gasteiger partial charge in [-0.15, -0.1) is 0 Å². The maximum atomic E-state index is 14.6. The number of aromatic hydroxyl groups is 1. The molecule has 2 aromatic carbocycles. The van der Waals surface area contributed by atoms with E-state index < -0.39 is 11.8 Å². The van der Waals surface area contributed by atoms with Gasteiger partial charge in [-0.3, -0.25) is 0 Å². The Morgan fingerprint density at radius 2 is 1.76 bits per heavy atom. The highest BCUT2D eigenvalue weighted by molar-refractivity contribution is 6.30. The first-order valence-corrected chi connectivity index (χ1v) is 6.62. The van der Waals surface area contributed by atoms with Crippen molar-refractivity contribution in [3.8, 4) is 16.9 Å². The van der Waals surface area contributed by atoms with Gasteiger partial charge in [0.05, 0.1) is 7.11 Å². The van der Waals surface area contributed by atoms with Crippen LogP contribution in [0.5, 0.6) is 5.75 Å². The van der Waals surface area contributed by atoms with Crippen molar-refractivity contribution in [3.05, 3.63) is 51.8 Å². The van der Waals surface area contributed by atoms with Crippen LogP contribution in [-0.2, 0) is 4.74 Å². The summed E-state index contributed by atoms with van der Waals surface area (Å²) in [6.45, 7) is 3.09. The number of ether oxygens (including phenoxy) is 1. The number of hydrogen-bond acceptors (Lipinski definition) is 3. The first-order valence-electron chi connectivity index (χ1n) is 6.24. The predicted octanol–water partition coefficient (Wildman–Crippen LogP) is 4.26. The molecular formula is C16H14ClFO3. The van der Waals surface area contributed by atoms with E-state index in [2.05, 4.69) is 4.74 Å². The van der Waals surface area contributed by atoms with Gasteiger partial charge in [0.1, 0.15) is 17.1 Å². The topological polar surface area (TPSA) is 46.5 Å². The zero-order valence-corrected chi connectivity index (χ0v) is 12.6. The fourth-order valence-corrected chi connectivity index (χ4v) is 2.26. The fraction of sp³-hybridized carbons (Fsp3) is 0.188. The largest absolute Gasteiger partial charge is 0.507 e. The average Bonchev–Trinajstić information content (AvgIpc) is 2.49. The Hall–Kier alpha value is -2.07. The SMILES string of the molecule is COC(=O)c1c(O)c(C)c(C)c(F)c1-c1ccc(Cl)cc1. The van der Waals surface area contributed by atoms with Gasteiger partial charge in [0.25, 0.3) is 0 Å². The molecular weight excluding hydrogens is 295 g/mol. The smallest absolute Gasteiger partial charge is 0.342 e. The summed E-state index contributed by atoms with van der Waals surface area (Å²) in [6.07, 6.45) is 0. The lowest BCUT2D eigenvalue weighted by Gasteiger charge is -2.16. The van der Waals surface area contributed by atoms with Crippen molar-refractivity contribution in [1.29, 1.82) is 0 Å². The van der Waals surface area contributed by atoms with Gasteiger partial charge in [0, 0.05) is 10.6 Å². The minimum absolute atomic E-state index is 0.0131. The molecule has 0 unspecified atom stereocenters. The Balaban J connectivity index is 2.85. The Labute approximate surface area is 126 Å². The quantitative estimate of drug-likeness (QED) is 0.843. The summed E-state index contributed by atoms with van der Waals surface area (Å²) in [4.78, 5) is 11.9. The van der Waals surface area contributed by atoms with E-state index in [-0.39, 0.29) is 22.4 Å². The molecule has 2 rings (SSSR count). The van der Waals surface area contributed by atoms with Crippen LogP contribution in [0.4, 0.5) is 4.39 Å². The van der Waals surface area contributed by atoms with Crippen LogP contribution in [0.15, 0.2) is 24.3 Å². The summed E-state index contributed by atoms with van der Waals surface area (Å²) in [7, 11) is 1.18. The van der Waals surface area contributed by atoms with Gasteiger partial charge in [-0.25, -0.2) is 9.18 Å². The standard InChI is InChI=1S/C16H14ClFO3/c1-8-9(2)15(19)13(16(20)21-3)12(14(8)18)10-4-6-11(17)7-5-10/h4-7,19H,1-3H3. The summed E-state index contributed by atoms with van der Waals surface area (Å²) in [6, 6.07) is 6.34. The predicted molar refractivity (Wildman–Crippen MR) is 79.3 cm³/mol. The first kappa shape index (κ1) is 15.3. The van der Waals surface area contributed by atoms with Crippen LogP contribution in [0.25, 0.3) is 11.1 Å². The molecule has 5 heteroatoms. The molecule has 3 nitrogen and oxygen atoms in total. The fourth-order valence-electron chi connectivity index (χ4n) is 2.13. The molecule has 0 aromatic heterocycles. The maximum Gasteiger partial charge on any atom is 0.342 e. The number of carbonyl (C=O) groups is 1. The highest BCUT2D eigenvalue weighted by Crippen LogP contribution is 2.38. The van der Waals surface area contributed by atoms with E-state index in [0.29, 0.717) is 16.1 Å². The second kappa shape index (κ2) is 5.74. The molecule has 0 aliphatic carbocycles. The number of benzene rings is 2. The van der Waals surface area contributed by atoms with Gasteiger partial charge in [-0.05, 0) is 42.7 Å². The lowest BCUT2D eigenvalue weighted by Crippen LogP contribution is -2.08. The Kier molecular flexibility index (Phi) is 4.19. The molecule has 21 heavy (non-hydrogen) atoms. The second-order valence-electron chi connectivity index (χ2n) is 4.66. The molecule has 110 valence electrons. The lowest BCUT2D eigenvalue weighted by atomic mass is 9.92. The van der Waals surface area contributed by atoms with Crippen molar-refractivity contribution in [1.82, 2.24) is 0 Å². The number of esters is 1. The molecule has 0 saturated heterocycles. The van der Waals surface area contributed by atoms with Crippen molar-refractivity contribution in [3.63, 3.8) is 0 Å². The highest BCUT2D eigenvalue weighted by Gasteiger charge is 2.26. The minimum Gasteiger partial charge on any atom is -0.507 e. The number of phenolic OH excluding ortho intramolecular Hbond substituents is 1. The zero-order valence-electron chi connectivity index (χ0n) is 11.8. The van der Waals surface area contributed by atoms with Crippen molar-refractivity contribution in [2.24, 2.45) is 0 Å². The van der Waals surface area contributed by atoms with Crippen molar-refractivity contribution in [2.45, 2.75) is 13.8 Å². The van der Waals surface area contributed by atoms with Gasteiger partial charge in [-0.2, -0.15) is 0 Å². The van der Waals surface area contributed by atoms with E-state index in [0.717, 1.165) is 0 Å². The summed E-state index contributed by atoms with van der Waals surface area (Å²) in [5.74, 6) is -1.63. The third-order valence-corrected chi connectivity index (χ3v) is 3.73. The van der Waals surface area contributed by atoms with Gasteiger partial charge in [0.15, 0.2) is 0 Å². The third-order valence-electron chi connectivity index (χ3n) is 3.48. The summed E-state index contributed by atoms with van der Waals surface area (Å²) in [5, 5.41) is 10.7. The Morgan fingerprint density at radius 3 is 2.29 bits per heavy atom. The minimum atomic E-state index is -0.792. The number of halogens is 2. The van der Waals surface area contributed by atoms with Gasteiger partial charge in [0.2, 0.25) is 0 Å². The van der Waals surface area contributed by atoms with E-state index >= 15 is 0 Å². The monoisotopic (exact) mass is 308 g/mol. The molecule has 2 aromatic rings. The van der Waals surface area contributed by atoms with Crippen LogP contribution in [0.1, 0.15) is 21.5 Å².